The van der Waals surface area contributed by atoms with Gasteiger partial charge in [0.05, 0.1) is 5.75 Å². The van der Waals surface area contributed by atoms with Crippen molar-refractivity contribution in [1.82, 2.24) is 24.6 Å². The standard InChI is InChI=1S/C25H26ClN5O2S/c1-30(25(13-5-4-8-21(25)32)19-6-2-3-7-20(19)26)22(33)16-34-24-29-28-23(31(24)18-9-10-18)17-11-14-27-15-12-17/h2-3,6-7,11-12,14-15,18H,4-5,8-10,13,16H2,1H3. The van der Waals surface area contributed by atoms with Gasteiger partial charge < -0.3 is 4.90 Å². The zero-order valence-electron chi connectivity index (χ0n) is 19.0. The lowest BCUT2D eigenvalue weighted by Crippen LogP contribution is -2.54. The van der Waals surface area contributed by atoms with Crippen LogP contribution in [0.2, 0.25) is 5.02 Å². The monoisotopic (exact) mass is 495 g/mol. The van der Waals surface area contributed by atoms with Crippen molar-refractivity contribution in [2.24, 2.45) is 0 Å². The van der Waals surface area contributed by atoms with Crippen LogP contribution in [0.15, 0.2) is 53.9 Å². The first kappa shape index (κ1) is 23.1. The number of likely N-dealkylation sites (N-methyl/N-ethyl adjacent to an activating group) is 1. The Balaban J connectivity index is 1.40. The van der Waals surface area contributed by atoms with E-state index in [1.165, 1.54) is 11.8 Å². The minimum atomic E-state index is -1.03. The van der Waals surface area contributed by atoms with Gasteiger partial charge in [0.15, 0.2) is 16.8 Å². The van der Waals surface area contributed by atoms with Crippen molar-refractivity contribution in [3.05, 3.63) is 59.4 Å². The predicted octanol–water partition coefficient (Wildman–Crippen LogP) is 4.92. The maximum atomic E-state index is 13.5. The number of pyridine rings is 1. The lowest BCUT2D eigenvalue weighted by Gasteiger charge is -2.44. The summed E-state index contributed by atoms with van der Waals surface area (Å²) in [5.41, 5.74) is 0.638. The molecule has 0 aliphatic heterocycles. The zero-order chi connectivity index (χ0) is 23.7. The van der Waals surface area contributed by atoms with Crippen LogP contribution in [0.3, 0.4) is 0 Å². The second-order valence-corrected chi connectivity index (χ2v) is 10.2. The highest BCUT2D eigenvalue weighted by Gasteiger charge is 2.47. The topological polar surface area (TPSA) is 81.0 Å². The number of halogens is 1. The molecule has 0 spiro atoms. The SMILES string of the molecule is CN(C(=O)CSc1nnc(-c2ccncc2)n1C1CC1)C1(c2ccccc2Cl)CCCCC1=O. The average Bonchev–Trinajstić information content (AvgIpc) is 3.62. The van der Waals surface area contributed by atoms with Gasteiger partial charge in [-0.2, -0.15) is 0 Å². The van der Waals surface area contributed by atoms with Crippen molar-refractivity contribution in [1.29, 1.82) is 0 Å². The highest BCUT2D eigenvalue weighted by molar-refractivity contribution is 7.99. The summed E-state index contributed by atoms with van der Waals surface area (Å²) < 4.78 is 2.13. The lowest BCUT2D eigenvalue weighted by molar-refractivity contribution is -0.146. The Morgan fingerprint density at radius 3 is 2.65 bits per heavy atom. The fourth-order valence-electron chi connectivity index (χ4n) is 4.80. The van der Waals surface area contributed by atoms with Crippen LogP contribution in [-0.4, -0.2) is 49.1 Å². The minimum absolute atomic E-state index is 0.0498. The summed E-state index contributed by atoms with van der Waals surface area (Å²) in [5.74, 6) is 0.880. The van der Waals surface area contributed by atoms with Crippen molar-refractivity contribution in [2.75, 3.05) is 12.8 Å². The molecule has 2 aliphatic carbocycles. The van der Waals surface area contributed by atoms with Gasteiger partial charge >= 0.3 is 0 Å². The third kappa shape index (κ3) is 4.14. The summed E-state index contributed by atoms with van der Waals surface area (Å²) in [6, 6.07) is 11.5. The van der Waals surface area contributed by atoms with E-state index in [2.05, 4.69) is 19.7 Å². The molecule has 3 aromatic rings. The predicted molar refractivity (Wildman–Crippen MR) is 132 cm³/mol. The molecule has 2 heterocycles. The number of nitrogens with zero attached hydrogens (tertiary/aromatic N) is 5. The van der Waals surface area contributed by atoms with Gasteiger partial charge in [-0.15, -0.1) is 10.2 Å². The van der Waals surface area contributed by atoms with Gasteiger partial charge in [-0.3, -0.25) is 19.1 Å². The van der Waals surface area contributed by atoms with Crippen molar-refractivity contribution in [3.8, 4) is 11.4 Å². The molecule has 1 unspecified atom stereocenters. The third-order valence-corrected chi connectivity index (χ3v) is 8.02. The summed E-state index contributed by atoms with van der Waals surface area (Å²) in [5, 5.41) is 10.0. The molecule has 0 N–H and O–H groups in total. The van der Waals surface area contributed by atoms with Gasteiger partial charge in [-0.05, 0) is 50.3 Å². The summed E-state index contributed by atoms with van der Waals surface area (Å²) in [6.45, 7) is 0. The average molecular weight is 496 g/mol. The van der Waals surface area contributed by atoms with E-state index in [-0.39, 0.29) is 17.4 Å². The van der Waals surface area contributed by atoms with E-state index in [9.17, 15) is 9.59 Å². The Hall–Kier alpha value is -2.71. The summed E-state index contributed by atoms with van der Waals surface area (Å²) in [4.78, 5) is 32.5. The van der Waals surface area contributed by atoms with Gasteiger partial charge in [0.1, 0.15) is 5.54 Å². The van der Waals surface area contributed by atoms with E-state index in [0.717, 1.165) is 42.2 Å². The molecule has 176 valence electrons. The van der Waals surface area contributed by atoms with Crippen molar-refractivity contribution >= 4 is 35.1 Å². The number of hydrogen-bond acceptors (Lipinski definition) is 6. The van der Waals surface area contributed by atoms with Crippen LogP contribution < -0.4 is 0 Å². The molecule has 2 fully saturated rings. The smallest absolute Gasteiger partial charge is 0.233 e. The molecule has 0 radical (unpaired) electrons. The van der Waals surface area contributed by atoms with E-state index in [4.69, 9.17) is 11.6 Å². The van der Waals surface area contributed by atoms with Crippen molar-refractivity contribution in [2.45, 2.75) is 55.3 Å². The minimum Gasteiger partial charge on any atom is -0.328 e. The number of rotatable bonds is 7. The van der Waals surface area contributed by atoms with Crippen molar-refractivity contribution < 1.29 is 9.59 Å². The van der Waals surface area contributed by atoms with Crippen molar-refractivity contribution in [3.63, 3.8) is 0 Å². The van der Waals surface area contributed by atoms with E-state index in [0.29, 0.717) is 29.5 Å². The maximum absolute atomic E-state index is 13.5. The van der Waals surface area contributed by atoms with Gasteiger partial charge in [0.25, 0.3) is 0 Å². The highest BCUT2D eigenvalue weighted by atomic mass is 35.5. The summed E-state index contributed by atoms with van der Waals surface area (Å²) >= 11 is 7.91. The van der Waals surface area contributed by atoms with Gasteiger partial charge in [-0.1, -0.05) is 41.6 Å². The number of thioether (sulfide) groups is 1. The first-order valence-corrected chi connectivity index (χ1v) is 12.9. The van der Waals surface area contributed by atoms with Crippen LogP contribution >= 0.6 is 23.4 Å². The number of ketones is 1. The number of hydrogen-bond donors (Lipinski definition) is 0. The number of Topliss-reactive ketones (excluding diaryl/α,β-unsaturated/α-hetero) is 1. The molecule has 2 saturated carbocycles. The fraction of sp³-hybridized carbons (Fsp3) is 0.400. The molecular weight excluding hydrogens is 470 g/mol. The summed E-state index contributed by atoms with van der Waals surface area (Å²) in [6.07, 6.45) is 8.35. The highest BCUT2D eigenvalue weighted by Crippen LogP contribution is 2.43. The first-order valence-electron chi connectivity index (χ1n) is 11.6. The lowest BCUT2D eigenvalue weighted by atomic mass is 9.74. The molecule has 1 amide bonds. The quantitative estimate of drug-likeness (QED) is 0.433. The molecule has 5 rings (SSSR count). The van der Waals surface area contributed by atoms with E-state index in [1.807, 2.05) is 30.3 Å². The number of carbonyl (C=O) groups excluding carboxylic acids is 2. The second kappa shape index (κ2) is 9.50. The molecule has 34 heavy (non-hydrogen) atoms. The van der Waals surface area contributed by atoms with Gasteiger partial charge in [0, 0.05) is 48.1 Å². The number of amides is 1. The van der Waals surface area contributed by atoms with E-state index >= 15 is 0 Å². The zero-order valence-corrected chi connectivity index (χ0v) is 20.6. The number of carbonyl (C=O) groups is 2. The van der Waals surface area contributed by atoms with Crippen LogP contribution in [0.4, 0.5) is 0 Å². The Kier molecular flexibility index (Phi) is 6.44. The largest absolute Gasteiger partial charge is 0.328 e. The van der Waals surface area contributed by atoms with Crippen LogP contribution in [0, 0.1) is 0 Å². The van der Waals surface area contributed by atoms with Crippen LogP contribution in [0.1, 0.15) is 50.1 Å². The Labute approximate surface area is 207 Å². The number of benzene rings is 1. The van der Waals surface area contributed by atoms with Crippen LogP contribution in [-0.2, 0) is 15.1 Å². The molecule has 9 heteroatoms. The maximum Gasteiger partial charge on any atom is 0.233 e. The molecule has 7 nitrogen and oxygen atoms in total. The molecule has 0 saturated heterocycles. The molecule has 1 atom stereocenters. The third-order valence-electron chi connectivity index (χ3n) is 6.76. The second-order valence-electron chi connectivity index (χ2n) is 8.86. The summed E-state index contributed by atoms with van der Waals surface area (Å²) in [7, 11) is 1.73. The molecule has 2 aromatic heterocycles. The van der Waals surface area contributed by atoms with Crippen LogP contribution in [0.5, 0.6) is 0 Å². The first-order chi connectivity index (χ1) is 16.5. The van der Waals surface area contributed by atoms with E-state index < -0.39 is 5.54 Å². The Bertz CT molecular complexity index is 1210. The molecule has 0 bridgehead atoms. The van der Waals surface area contributed by atoms with Gasteiger partial charge in [-0.25, -0.2) is 0 Å². The van der Waals surface area contributed by atoms with E-state index in [1.54, 1.807) is 30.4 Å². The molecule has 2 aliphatic rings. The Morgan fingerprint density at radius 1 is 1.18 bits per heavy atom. The Morgan fingerprint density at radius 2 is 1.94 bits per heavy atom. The van der Waals surface area contributed by atoms with Crippen LogP contribution in [0.25, 0.3) is 11.4 Å². The van der Waals surface area contributed by atoms with Gasteiger partial charge in [0.2, 0.25) is 5.91 Å². The molecular formula is C25H26ClN5O2S. The normalized spacial score (nSPS) is 20.4. The fourth-order valence-corrected chi connectivity index (χ4v) is 6.01. The number of aromatic nitrogens is 4. The molecule has 1 aromatic carbocycles.